The van der Waals surface area contributed by atoms with Gasteiger partial charge in [-0.05, 0) is 31.4 Å². The Balaban J connectivity index is 2.00. The molecule has 5 heteroatoms. The lowest BCUT2D eigenvalue weighted by molar-refractivity contribution is -0.0500. The molecule has 16 heavy (non-hydrogen) atoms. The maximum Gasteiger partial charge on any atom is 0.387 e. The van der Waals surface area contributed by atoms with Crippen LogP contribution in [-0.2, 0) is 0 Å². The summed E-state index contributed by atoms with van der Waals surface area (Å²) in [6.45, 7) is -0.813. The highest BCUT2D eigenvalue weighted by molar-refractivity contribution is 5.41. The molecule has 0 unspecified atom stereocenters. The molecule has 0 aromatic carbocycles. The lowest BCUT2D eigenvalue weighted by Gasteiger charge is -2.27. The van der Waals surface area contributed by atoms with Crippen molar-refractivity contribution in [3.8, 4) is 5.75 Å². The normalized spacial score (nSPS) is 16.6. The van der Waals surface area contributed by atoms with Gasteiger partial charge in [-0.1, -0.05) is 0 Å². The highest BCUT2D eigenvalue weighted by Gasteiger charge is 2.12. The van der Waals surface area contributed by atoms with Gasteiger partial charge in [0.05, 0.1) is 6.20 Å². The van der Waals surface area contributed by atoms with E-state index >= 15 is 0 Å². The first kappa shape index (κ1) is 11.1. The van der Waals surface area contributed by atoms with E-state index in [1.54, 1.807) is 6.07 Å². The minimum Gasteiger partial charge on any atom is -0.433 e. The molecule has 1 aliphatic heterocycles. The van der Waals surface area contributed by atoms with E-state index < -0.39 is 6.61 Å². The fraction of sp³-hybridized carbons (Fsp3) is 0.545. The van der Waals surface area contributed by atoms with Gasteiger partial charge in [0.25, 0.3) is 0 Å². The van der Waals surface area contributed by atoms with Crippen molar-refractivity contribution >= 4 is 5.82 Å². The summed E-state index contributed by atoms with van der Waals surface area (Å²) in [4.78, 5) is 6.29. The number of hydrogen-bond acceptors (Lipinski definition) is 3. The van der Waals surface area contributed by atoms with Gasteiger partial charge in [0.1, 0.15) is 11.6 Å². The largest absolute Gasteiger partial charge is 0.433 e. The molecule has 0 aliphatic carbocycles. The first-order valence-electron chi connectivity index (χ1n) is 5.41. The third-order valence-corrected chi connectivity index (χ3v) is 2.63. The molecular formula is C11H14F2N2O. The van der Waals surface area contributed by atoms with E-state index in [0.717, 1.165) is 31.7 Å². The molecule has 0 saturated carbocycles. The number of ether oxygens (including phenoxy) is 1. The van der Waals surface area contributed by atoms with Crippen molar-refractivity contribution in [1.82, 2.24) is 4.98 Å². The zero-order valence-electron chi connectivity index (χ0n) is 8.90. The average molecular weight is 228 g/mol. The zero-order chi connectivity index (χ0) is 11.4. The molecule has 3 nitrogen and oxygen atoms in total. The van der Waals surface area contributed by atoms with Crippen LogP contribution in [-0.4, -0.2) is 24.7 Å². The van der Waals surface area contributed by atoms with E-state index in [0.29, 0.717) is 0 Å². The van der Waals surface area contributed by atoms with Gasteiger partial charge in [0.15, 0.2) is 0 Å². The molecule has 2 rings (SSSR count). The lowest BCUT2D eigenvalue weighted by Crippen LogP contribution is -2.29. The SMILES string of the molecule is FC(F)Oc1ccc(N2CCCCC2)nc1. The molecule has 0 amide bonds. The second-order valence-corrected chi connectivity index (χ2v) is 3.78. The minimum atomic E-state index is -2.79. The Labute approximate surface area is 93.0 Å². The van der Waals surface area contributed by atoms with Gasteiger partial charge in [-0.2, -0.15) is 8.78 Å². The maximum atomic E-state index is 11.9. The van der Waals surface area contributed by atoms with Crippen LogP contribution in [0.3, 0.4) is 0 Å². The number of pyridine rings is 1. The Morgan fingerprint density at radius 1 is 1.19 bits per heavy atom. The predicted molar refractivity (Wildman–Crippen MR) is 56.9 cm³/mol. The number of rotatable bonds is 3. The molecule has 0 N–H and O–H groups in total. The molecule has 2 heterocycles. The minimum absolute atomic E-state index is 0.107. The smallest absolute Gasteiger partial charge is 0.387 e. The van der Waals surface area contributed by atoms with Crippen LogP contribution >= 0.6 is 0 Å². The van der Waals surface area contributed by atoms with Crippen molar-refractivity contribution in [2.24, 2.45) is 0 Å². The van der Waals surface area contributed by atoms with E-state index in [-0.39, 0.29) is 5.75 Å². The molecular weight excluding hydrogens is 214 g/mol. The molecule has 1 aromatic heterocycles. The zero-order valence-corrected chi connectivity index (χ0v) is 8.90. The summed E-state index contributed by atoms with van der Waals surface area (Å²) in [5, 5.41) is 0. The summed E-state index contributed by atoms with van der Waals surface area (Å²) in [6.07, 6.45) is 4.92. The van der Waals surface area contributed by atoms with Crippen LogP contribution in [0.5, 0.6) is 5.75 Å². The van der Waals surface area contributed by atoms with Crippen molar-refractivity contribution in [2.75, 3.05) is 18.0 Å². The van der Waals surface area contributed by atoms with Crippen LogP contribution < -0.4 is 9.64 Å². The number of aromatic nitrogens is 1. The molecule has 1 aliphatic rings. The molecule has 1 saturated heterocycles. The first-order valence-corrected chi connectivity index (χ1v) is 5.41. The molecule has 0 radical (unpaired) electrons. The van der Waals surface area contributed by atoms with E-state index in [1.165, 1.54) is 18.7 Å². The van der Waals surface area contributed by atoms with Gasteiger partial charge in [-0.3, -0.25) is 0 Å². The van der Waals surface area contributed by atoms with Crippen LogP contribution in [0.4, 0.5) is 14.6 Å². The summed E-state index contributed by atoms with van der Waals surface area (Å²) >= 11 is 0. The van der Waals surface area contributed by atoms with Gasteiger partial charge in [-0.25, -0.2) is 4.98 Å². The predicted octanol–water partition coefficient (Wildman–Crippen LogP) is 2.67. The fourth-order valence-electron chi connectivity index (χ4n) is 1.86. The molecule has 0 atom stereocenters. The van der Waals surface area contributed by atoms with Crippen LogP contribution in [0.2, 0.25) is 0 Å². The highest BCUT2D eigenvalue weighted by atomic mass is 19.3. The molecule has 1 fully saturated rings. The Bertz CT molecular complexity index is 323. The van der Waals surface area contributed by atoms with Gasteiger partial charge in [0.2, 0.25) is 0 Å². The number of alkyl halides is 2. The van der Waals surface area contributed by atoms with Crippen molar-refractivity contribution in [2.45, 2.75) is 25.9 Å². The third-order valence-electron chi connectivity index (χ3n) is 2.63. The van der Waals surface area contributed by atoms with Crippen LogP contribution in [0.25, 0.3) is 0 Å². The number of anilines is 1. The second kappa shape index (κ2) is 5.09. The van der Waals surface area contributed by atoms with Gasteiger partial charge in [-0.15, -0.1) is 0 Å². The Hall–Kier alpha value is -1.39. The van der Waals surface area contributed by atoms with Crippen molar-refractivity contribution in [1.29, 1.82) is 0 Å². The quantitative estimate of drug-likeness (QED) is 0.795. The third kappa shape index (κ3) is 2.81. The fourth-order valence-corrected chi connectivity index (χ4v) is 1.86. The maximum absolute atomic E-state index is 11.9. The summed E-state index contributed by atoms with van der Waals surface area (Å²) in [7, 11) is 0. The standard InChI is InChI=1S/C11H14F2N2O/c12-11(13)16-9-4-5-10(14-8-9)15-6-2-1-3-7-15/h4-5,8,11H,1-3,6-7H2. The lowest BCUT2D eigenvalue weighted by atomic mass is 10.1. The van der Waals surface area contributed by atoms with Crippen LogP contribution in [0.15, 0.2) is 18.3 Å². The number of hydrogen-bond donors (Lipinski definition) is 0. The molecule has 88 valence electrons. The molecule has 1 aromatic rings. The Morgan fingerprint density at radius 3 is 2.50 bits per heavy atom. The van der Waals surface area contributed by atoms with Gasteiger partial charge in [0, 0.05) is 13.1 Å². The van der Waals surface area contributed by atoms with E-state index in [4.69, 9.17) is 0 Å². The first-order chi connectivity index (χ1) is 7.75. The van der Waals surface area contributed by atoms with E-state index in [9.17, 15) is 8.78 Å². The van der Waals surface area contributed by atoms with E-state index in [1.807, 2.05) is 0 Å². The van der Waals surface area contributed by atoms with Crippen LogP contribution in [0.1, 0.15) is 19.3 Å². The van der Waals surface area contributed by atoms with Crippen molar-refractivity contribution in [3.05, 3.63) is 18.3 Å². The van der Waals surface area contributed by atoms with Crippen LogP contribution in [0, 0.1) is 0 Å². The van der Waals surface area contributed by atoms with Gasteiger partial charge >= 0.3 is 6.61 Å². The summed E-state index contributed by atoms with van der Waals surface area (Å²) in [5.74, 6) is 0.942. The average Bonchev–Trinajstić information content (AvgIpc) is 2.30. The summed E-state index contributed by atoms with van der Waals surface area (Å²) < 4.78 is 28.1. The topological polar surface area (TPSA) is 25.4 Å². The summed E-state index contributed by atoms with van der Waals surface area (Å²) in [5.41, 5.74) is 0. The van der Waals surface area contributed by atoms with E-state index in [2.05, 4.69) is 14.6 Å². The Morgan fingerprint density at radius 2 is 1.94 bits per heavy atom. The monoisotopic (exact) mass is 228 g/mol. The number of nitrogens with zero attached hydrogens (tertiary/aromatic N) is 2. The molecule has 0 spiro atoms. The molecule has 0 bridgehead atoms. The number of halogens is 2. The second-order valence-electron chi connectivity index (χ2n) is 3.78. The Kier molecular flexibility index (Phi) is 3.54. The highest BCUT2D eigenvalue weighted by Crippen LogP contribution is 2.20. The summed E-state index contributed by atoms with van der Waals surface area (Å²) in [6, 6.07) is 3.26. The van der Waals surface area contributed by atoms with Gasteiger partial charge < -0.3 is 9.64 Å². The number of piperidine rings is 1. The van der Waals surface area contributed by atoms with Crippen molar-refractivity contribution < 1.29 is 13.5 Å². The van der Waals surface area contributed by atoms with Crippen molar-refractivity contribution in [3.63, 3.8) is 0 Å².